The normalized spacial score (nSPS) is 12.0. The Morgan fingerprint density at radius 1 is 0.344 bits per heavy atom. The Morgan fingerprint density at radius 3 is 1.61 bits per heavy atom. The van der Waals surface area contributed by atoms with E-state index in [4.69, 9.17) is 4.74 Å². The summed E-state index contributed by atoms with van der Waals surface area (Å²) < 4.78 is 6.85. The molecule has 0 saturated heterocycles. The zero-order valence-corrected chi connectivity index (χ0v) is 35.5. The average molecular weight is 801 g/mol. The van der Waals surface area contributed by atoms with E-state index in [2.05, 4.69) is 242 Å². The maximum absolute atomic E-state index is 6.85. The lowest BCUT2D eigenvalue weighted by Crippen LogP contribution is -2.37. The van der Waals surface area contributed by atoms with Crippen molar-refractivity contribution in [3.63, 3.8) is 0 Å². The van der Waals surface area contributed by atoms with Gasteiger partial charge in [-0.15, -0.1) is 0 Å². The van der Waals surface area contributed by atoms with E-state index in [-0.39, 0.29) is 0 Å². The highest BCUT2D eigenvalue weighted by atomic mass is 28.3. The largest absolute Gasteiger partial charge is 0.456 e. The molecule has 0 aliphatic carbocycles. The molecular formula is C57H44N2OSi. The minimum Gasteiger partial charge on any atom is -0.456 e. The Morgan fingerprint density at radius 2 is 0.902 bits per heavy atom. The summed E-state index contributed by atoms with van der Waals surface area (Å²) in [5.41, 5.74) is 11.3. The lowest BCUT2D eigenvalue weighted by molar-refractivity contribution is 0.487. The third-order valence-electron chi connectivity index (χ3n) is 12.1. The minimum absolute atomic E-state index is 0.854. The van der Waals surface area contributed by atoms with E-state index in [0.717, 1.165) is 56.6 Å². The number of nitrogens with zero attached hydrogens (tertiary/aromatic N) is 2. The number of ether oxygens (including phenoxy) is 1. The number of rotatable bonds is 8. The summed E-state index contributed by atoms with van der Waals surface area (Å²) >= 11 is 0. The van der Waals surface area contributed by atoms with Gasteiger partial charge in [0.05, 0.1) is 8.07 Å². The van der Waals surface area contributed by atoms with Gasteiger partial charge in [-0.25, -0.2) is 0 Å². The molecule has 0 bridgehead atoms. The van der Waals surface area contributed by atoms with Gasteiger partial charge in [-0.1, -0.05) is 140 Å². The van der Waals surface area contributed by atoms with Crippen molar-refractivity contribution < 1.29 is 4.74 Å². The maximum atomic E-state index is 6.85. The molecule has 1 heterocycles. The van der Waals surface area contributed by atoms with Gasteiger partial charge in [0, 0.05) is 51.1 Å². The molecule has 0 atom stereocenters. The smallest absolute Gasteiger partial charge is 0.137 e. The van der Waals surface area contributed by atoms with Crippen LogP contribution in [0.1, 0.15) is 0 Å². The van der Waals surface area contributed by atoms with Gasteiger partial charge in [-0.05, 0) is 135 Å². The van der Waals surface area contributed by atoms with Crippen LogP contribution < -0.4 is 19.7 Å². The standard InChI is InChI=1S/C57H44N2OSi/c1-61(2,3)50-32-29-47(30-33-50)58(44-15-6-4-7-16-44)46-26-23-40(24-27-46)42-21-22-43-37-54-51-34-31-49(38-56(51)60-55-20-12-19-52(57(54)55)53(43)36-42)59(45-17-8-5-9-18-45)48-28-25-39-13-10-11-14-41(39)35-48/h4-38H,1-3H3. The van der Waals surface area contributed by atoms with Crippen molar-refractivity contribution in [1.82, 2.24) is 0 Å². The molecule has 0 unspecified atom stereocenters. The molecule has 1 aliphatic heterocycles. The Labute approximate surface area is 358 Å². The summed E-state index contributed by atoms with van der Waals surface area (Å²) in [5, 5.41) is 8.65. The summed E-state index contributed by atoms with van der Waals surface area (Å²) in [4.78, 5) is 4.65. The number of para-hydroxylation sites is 2. The molecule has 3 nitrogen and oxygen atoms in total. The quantitative estimate of drug-likeness (QED) is 0.112. The first kappa shape index (κ1) is 36.7. The Balaban J connectivity index is 0.958. The van der Waals surface area contributed by atoms with Gasteiger partial charge in [0.2, 0.25) is 0 Å². The van der Waals surface area contributed by atoms with Crippen LogP contribution in [-0.4, -0.2) is 8.07 Å². The SMILES string of the molecule is C[Si](C)(C)c1ccc(N(c2ccccc2)c2ccc(-c3ccc4cc5c6c(cccc6c4c3)Oc3cc(N(c4ccccc4)c4ccc6ccccc6c4)ccc3-5)cc2)cc1. The van der Waals surface area contributed by atoms with Gasteiger partial charge in [-0.2, -0.15) is 0 Å². The summed E-state index contributed by atoms with van der Waals surface area (Å²) in [6, 6.07) is 76.9. The fourth-order valence-electron chi connectivity index (χ4n) is 9.01. The van der Waals surface area contributed by atoms with Crippen molar-refractivity contribution in [2.45, 2.75) is 19.6 Å². The first-order valence-electron chi connectivity index (χ1n) is 21.1. The van der Waals surface area contributed by atoms with Gasteiger partial charge in [-0.3, -0.25) is 0 Å². The van der Waals surface area contributed by atoms with Crippen molar-refractivity contribution in [3.05, 3.63) is 212 Å². The fraction of sp³-hybridized carbons (Fsp3) is 0.0526. The highest BCUT2D eigenvalue weighted by Crippen LogP contribution is 2.51. The summed E-state index contributed by atoms with van der Waals surface area (Å²) in [7, 11) is -1.41. The van der Waals surface area contributed by atoms with E-state index in [1.165, 1.54) is 48.8 Å². The first-order chi connectivity index (χ1) is 29.9. The average Bonchev–Trinajstić information content (AvgIpc) is 3.30. The molecule has 0 fully saturated rings. The van der Waals surface area contributed by atoms with Crippen molar-refractivity contribution in [2.75, 3.05) is 9.80 Å². The molecule has 0 spiro atoms. The highest BCUT2D eigenvalue weighted by Gasteiger charge is 2.24. The molecule has 4 heteroatoms. The molecule has 0 radical (unpaired) electrons. The third-order valence-corrected chi connectivity index (χ3v) is 14.2. The number of benzene rings is 10. The van der Waals surface area contributed by atoms with E-state index >= 15 is 0 Å². The van der Waals surface area contributed by atoms with Crippen molar-refractivity contribution in [3.8, 4) is 33.8 Å². The van der Waals surface area contributed by atoms with E-state index < -0.39 is 8.07 Å². The van der Waals surface area contributed by atoms with E-state index in [0.29, 0.717) is 0 Å². The molecule has 10 aromatic carbocycles. The van der Waals surface area contributed by atoms with Crippen LogP contribution in [0.3, 0.4) is 0 Å². The second-order valence-electron chi connectivity index (χ2n) is 17.0. The minimum atomic E-state index is -1.41. The van der Waals surface area contributed by atoms with Crippen LogP contribution in [0.5, 0.6) is 11.5 Å². The Hall–Kier alpha value is -7.40. The van der Waals surface area contributed by atoms with Gasteiger partial charge in [0.1, 0.15) is 11.5 Å². The second kappa shape index (κ2) is 14.7. The zero-order chi connectivity index (χ0) is 41.1. The molecule has 292 valence electrons. The number of hydrogen-bond donors (Lipinski definition) is 0. The fourth-order valence-corrected chi connectivity index (χ4v) is 10.2. The molecule has 0 saturated carbocycles. The topological polar surface area (TPSA) is 15.7 Å². The van der Waals surface area contributed by atoms with Crippen LogP contribution in [0.2, 0.25) is 19.6 Å². The van der Waals surface area contributed by atoms with Crippen LogP contribution in [0.4, 0.5) is 34.1 Å². The predicted octanol–water partition coefficient (Wildman–Crippen LogP) is 16.1. The first-order valence-corrected chi connectivity index (χ1v) is 24.6. The van der Waals surface area contributed by atoms with Crippen LogP contribution >= 0.6 is 0 Å². The molecule has 0 N–H and O–H groups in total. The van der Waals surface area contributed by atoms with E-state index in [1.54, 1.807) is 0 Å². The van der Waals surface area contributed by atoms with Crippen LogP contribution in [0.15, 0.2) is 212 Å². The van der Waals surface area contributed by atoms with Crippen molar-refractivity contribution in [2.24, 2.45) is 0 Å². The Kier molecular flexibility index (Phi) is 8.83. The molecule has 11 rings (SSSR count). The second-order valence-corrected chi connectivity index (χ2v) is 22.1. The number of anilines is 6. The lowest BCUT2D eigenvalue weighted by atomic mass is 9.89. The monoisotopic (exact) mass is 800 g/mol. The highest BCUT2D eigenvalue weighted by molar-refractivity contribution is 6.88. The van der Waals surface area contributed by atoms with Crippen LogP contribution in [0.25, 0.3) is 54.6 Å². The summed E-state index contributed by atoms with van der Waals surface area (Å²) in [6.07, 6.45) is 0. The number of hydrogen-bond acceptors (Lipinski definition) is 3. The lowest BCUT2D eigenvalue weighted by Gasteiger charge is -2.28. The summed E-state index contributed by atoms with van der Waals surface area (Å²) in [6.45, 7) is 7.19. The molecule has 0 amide bonds. The van der Waals surface area contributed by atoms with Gasteiger partial charge < -0.3 is 14.5 Å². The van der Waals surface area contributed by atoms with Gasteiger partial charge in [0.25, 0.3) is 0 Å². The molecule has 61 heavy (non-hydrogen) atoms. The number of fused-ring (bicyclic) bond motifs is 5. The van der Waals surface area contributed by atoms with Crippen LogP contribution in [0, 0.1) is 0 Å². The van der Waals surface area contributed by atoms with Crippen molar-refractivity contribution >= 4 is 79.7 Å². The molecule has 1 aliphatic rings. The predicted molar refractivity (Wildman–Crippen MR) is 262 cm³/mol. The van der Waals surface area contributed by atoms with Crippen molar-refractivity contribution in [1.29, 1.82) is 0 Å². The van der Waals surface area contributed by atoms with E-state index in [9.17, 15) is 0 Å². The van der Waals surface area contributed by atoms with Gasteiger partial charge in [0.15, 0.2) is 0 Å². The molecular weight excluding hydrogens is 757 g/mol. The van der Waals surface area contributed by atoms with Gasteiger partial charge >= 0.3 is 0 Å². The zero-order valence-electron chi connectivity index (χ0n) is 34.5. The van der Waals surface area contributed by atoms with E-state index in [1.807, 2.05) is 0 Å². The van der Waals surface area contributed by atoms with Crippen LogP contribution in [-0.2, 0) is 0 Å². The summed E-state index contributed by atoms with van der Waals surface area (Å²) in [5.74, 6) is 1.73. The molecule has 0 aromatic heterocycles. The Bertz CT molecular complexity index is 3250. The molecule has 10 aromatic rings. The maximum Gasteiger partial charge on any atom is 0.137 e. The third kappa shape index (κ3) is 6.62.